The molecule has 1 aliphatic rings. The van der Waals surface area contributed by atoms with Crippen molar-refractivity contribution in [3.63, 3.8) is 0 Å². The molecule has 0 aromatic heterocycles. The van der Waals surface area contributed by atoms with Crippen molar-refractivity contribution in [3.8, 4) is 0 Å². The number of non-ortho nitro benzene ring substituents is 1. The number of halogens is 1. The Hall–Kier alpha value is -1.98. The maximum absolute atomic E-state index is 13.9. The van der Waals surface area contributed by atoms with E-state index in [1.807, 2.05) is 6.92 Å². The van der Waals surface area contributed by atoms with E-state index < -0.39 is 16.6 Å². The Labute approximate surface area is 122 Å². The van der Waals surface area contributed by atoms with Crippen LogP contribution in [0.15, 0.2) is 18.2 Å². The van der Waals surface area contributed by atoms with Crippen molar-refractivity contribution in [1.82, 2.24) is 4.90 Å². The number of nitrogens with zero attached hydrogens (tertiary/aromatic N) is 2. The standard InChI is InChI=1S/C15H19FN2O3/c1-2-5-11-6-3-4-9-17(11)15(19)13-10-12(18(20)21)7-8-14(13)16/h7-8,10-11H,2-6,9H2,1H3. The second kappa shape index (κ2) is 6.65. The lowest BCUT2D eigenvalue weighted by Gasteiger charge is -2.35. The molecule has 0 bridgehead atoms. The van der Waals surface area contributed by atoms with Gasteiger partial charge in [0, 0.05) is 24.7 Å². The van der Waals surface area contributed by atoms with Crippen LogP contribution in [0.3, 0.4) is 0 Å². The summed E-state index contributed by atoms with van der Waals surface area (Å²) >= 11 is 0. The summed E-state index contributed by atoms with van der Waals surface area (Å²) in [6, 6.07) is 3.21. The summed E-state index contributed by atoms with van der Waals surface area (Å²) in [5.74, 6) is -1.14. The maximum Gasteiger partial charge on any atom is 0.270 e. The highest BCUT2D eigenvalue weighted by atomic mass is 19.1. The van der Waals surface area contributed by atoms with Crippen molar-refractivity contribution >= 4 is 11.6 Å². The molecular weight excluding hydrogens is 275 g/mol. The van der Waals surface area contributed by atoms with E-state index in [1.165, 1.54) is 0 Å². The van der Waals surface area contributed by atoms with Gasteiger partial charge in [-0.15, -0.1) is 0 Å². The van der Waals surface area contributed by atoms with Gasteiger partial charge in [0.15, 0.2) is 0 Å². The molecule has 114 valence electrons. The lowest BCUT2D eigenvalue weighted by Crippen LogP contribution is -2.44. The first-order valence-electron chi connectivity index (χ1n) is 7.29. The Balaban J connectivity index is 2.29. The van der Waals surface area contributed by atoms with Gasteiger partial charge in [-0.05, 0) is 31.7 Å². The molecule has 1 aliphatic heterocycles. The van der Waals surface area contributed by atoms with Crippen LogP contribution in [-0.4, -0.2) is 28.3 Å². The number of carbonyl (C=O) groups excluding carboxylic acids is 1. The Bertz CT molecular complexity index is 546. The molecule has 0 radical (unpaired) electrons. The second-order valence-corrected chi connectivity index (χ2v) is 5.36. The molecule has 1 aromatic carbocycles. The summed E-state index contributed by atoms with van der Waals surface area (Å²) in [6.45, 7) is 2.64. The molecule has 1 saturated heterocycles. The zero-order valence-corrected chi connectivity index (χ0v) is 12.0. The van der Waals surface area contributed by atoms with Crippen molar-refractivity contribution in [3.05, 3.63) is 39.7 Å². The zero-order valence-electron chi connectivity index (χ0n) is 12.0. The molecule has 0 saturated carbocycles. The van der Waals surface area contributed by atoms with E-state index in [-0.39, 0.29) is 17.3 Å². The molecule has 1 fully saturated rings. The minimum absolute atomic E-state index is 0.106. The minimum Gasteiger partial charge on any atom is -0.336 e. The number of hydrogen-bond acceptors (Lipinski definition) is 3. The third kappa shape index (κ3) is 3.37. The first-order valence-corrected chi connectivity index (χ1v) is 7.29. The van der Waals surface area contributed by atoms with Crippen molar-refractivity contribution in [2.75, 3.05) is 6.54 Å². The average Bonchev–Trinajstić information content (AvgIpc) is 2.47. The number of rotatable bonds is 4. The second-order valence-electron chi connectivity index (χ2n) is 5.36. The largest absolute Gasteiger partial charge is 0.336 e. The predicted octanol–water partition coefficient (Wildman–Crippen LogP) is 3.53. The number of amides is 1. The van der Waals surface area contributed by atoms with E-state index in [4.69, 9.17) is 0 Å². The monoisotopic (exact) mass is 294 g/mol. The van der Waals surface area contributed by atoms with Gasteiger partial charge in [-0.3, -0.25) is 14.9 Å². The Morgan fingerprint density at radius 3 is 2.90 bits per heavy atom. The molecule has 0 aliphatic carbocycles. The number of piperidine rings is 1. The van der Waals surface area contributed by atoms with Gasteiger partial charge in [-0.1, -0.05) is 13.3 Å². The summed E-state index contributed by atoms with van der Waals surface area (Å²) in [5, 5.41) is 10.8. The fourth-order valence-electron chi connectivity index (χ4n) is 2.85. The van der Waals surface area contributed by atoms with E-state index >= 15 is 0 Å². The SMILES string of the molecule is CCCC1CCCCN1C(=O)c1cc([N+](=O)[O-])ccc1F. The maximum atomic E-state index is 13.9. The Morgan fingerprint density at radius 2 is 2.24 bits per heavy atom. The van der Waals surface area contributed by atoms with Crippen molar-refractivity contribution < 1.29 is 14.1 Å². The topological polar surface area (TPSA) is 63.5 Å². The van der Waals surface area contributed by atoms with Gasteiger partial charge in [0.05, 0.1) is 10.5 Å². The van der Waals surface area contributed by atoms with Crippen LogP contribution in [0.4, 0.5) is 10.1 Å². The van der Waals surface area contributed by atoms with E-state index in [9.17, 15) is 19.3 Å². The third-order valence-electron chi connectivity index (χ3n) is 3.90. The minimum atomic E-state index is -0.702. The first-order chi connectivity index (χ1) is 10.0. The number of hydrogen-bond donors (Lipinski definition) is 0. The van der Waals surface area contributed by atoms with Crippen molar-refractivity contribution in [2.45, 2.75) is 45.1 Å². The van der Waals surface area contributed by atoms with Gasteiger partial charge in [0.25, 0.3) is 11.6 Å². The first kappa shape index (κ1) is 15.4. The molecule has 5 nitrogen and oxygen atoms in total. The van der Waals surface area contributed by atoms with Gasteiger partial charge >= 0.3 is 0 Å². The van der Waals surface area contributed by atoms with Gasteiger partial charge < -0.3 is 4.90 Å². The van der Waals surface area contributed by atoms with Crippen LogP contribution < -0.4 is 0 Å². The lowest BCUT2D eigenvalue weighted by atomic mass is 9.97. The van der Waals surface area contributed by atoms with Crippen molar-refractivity contribution in [1.29, 1.82) is 0 Å². The molecule has 1 atom stereocenters. The fraction of sp³-hybridized carbons (Fsp3) is 0.533. The highest BCUT2D eigenvalue weighted by Crippen LogP contribution is 2.25. The van der Waals surface area contributed by atoms with Gasteiger partial charge in [0.1, 0.15) is 5.82 Å². The number of nitro groups is 1. The molecule has 21 heavy (non-hydrogen) atoms. The molecule has 2 rings (SSSR count). The fourth-order valence-corrected chi connectivity index (χ4v) is 2.85. The van der Waals surface area contributed by atoms with Crippen molar-refractivity contribution in [2.24, 2.45) is 0 Å². The normalized spacial score (nSPS) is 18.6. The van der Waals surface area contributed by atoms with Crippen LogP contribution >= 0.6 is 0 Å². The molecule has 1 amide bonds. The van der Waals surface area contributed by atoms with Gasteiger partial charge in [-0.2, -0.15) is 0 Å². The number of benzene rings is 1. The number of likely N-dealkylation sites (tertiary alicyclic amines) is 1. The summed E-state index contributed by atoms with van der Waals surface area (Å²) in [7, 11) is 0. The summed E-state index contributed by atoms with van der Waals surface area (Å²) in [5.41, 5.74) is -0.462. The molecule has 0 spiro atoms. The molecular formula is C15H19FN2O3. The van der Waals surface area contributed by atoms with Crippen LogP contribution in [0.5, 0.6) is 0 Å². The quantitative estimate of drug-likeness (QED) is 0.630. The Kier molecular flexibility index (Phi) is 4.88. The van der Waals surface area contributed by atoms with Crippen LogP contribution in [0, 0.1) is 15.9 Å². The van der Waals surface area contributed by atoms with Crippen LogP contribution in [0.1, 0.15) is 49.4 Å². The number of nitro benzene ring substituents is 1. The van der Waals surface area contributed by atoms with E-state index in [0.717, 1.165) is 50.3 Å². The predicted molar refractivity (Wildman–Crippen MR) is 76.6 cm³/mol. The molecule has 1 unspecified atom stereocenters. The Morgan fingerprint density at radius 1 is 1.48 bits per heavy atom. The lowest BCUT2D eigenvalue weighted by molar-refractivity contribution is -0.384. The van der Waals surface area contributed by atoms with Crippen LogP contribution in [0.2, 0.25) is 0 Å². The number of carbonyl (C=O) groups is 1. The molecule has 1 heterocycles. The highest BCUT2D eigenvalue weighted by Gasteiger charge is 2.29. The average molecular weight is 294 g/mol. The zero-order chi connectivity index (χ0) is 15.4. The summed E-state index contributed by atoms with van der Waals surface area (Å²) < 4.78 is 13.9. The molecule has 6 heteroatoms. The molecule has 0 N–H and O–H groups in total. The van der Waals surface area contributed by atoms with Gasteiger partial charge in [-0.25, -0.2) is 4.39 Å². The molecule has 1 aromatic rings. The van der Waals surface area contributed by atoms with E-state index in [1.54, 1.807) is 4.90 Å². The highest BCUT2D eigenvalue weighted by molar-refractivity contribution is 5.95. The summed E-state index contributed by atoms with van der Waals surface area (Å²) in [4.78, 5) is 24.4. The van der Waals surface area contributed by atoms with Gasteiger partial charge in [0.2, 0.25) is 0 Å². The van der Waals surface area contributed by atoms with E-state index in [0.29, 0.717) is 6.54 Å². The van der Waals surface area contributed by atoms with Crippen LogP contribution in [-0.2, 0) is 0 Å². The smallest absolute Gasteiger partial charge is 0.270 e. The van der Waals surface area contributed by atoms with E-state index in [2.05, 4.69) is 0 Å². The van der Waals surface area contributed by atoms with Crippen LogP contribution in [0.25, 0.3) is 0 Å². The third-order valence-corrected chi connectivity index (χ3v) is 3.90. The summed E-state index contributed by atoms with van der Waals surface area (Å²) in [6.07, 6.45) is 4.69.